The van der Waals surface area contributed by atoms with E-state index in [1.165, 1.54) is 0 Å². The Kier molecular flexibility index (Phi) is 5.96. The largest absolute Gasteiger partial charge is 0.345 e. The van der Waals surface area contributed by atoms with E-state index in [0.717, 1.165) is 44.5 Å². The van der Waals surface area contributed by atoms with Crippen molar-refractivity contribution in [2.45, 2.75) is 44.3 Å². The molecule has 1 spiro atoms. The lowest BCUT2D eigenvalue weighted by atomic mass is 9.68. The van der Waals surface area contributed by atoms with E-state index in [2.05, 4.69) is 26.0 Å². The number of amides is 2. The zero-order chi connectivity index (χ0) is 18.7. The number of likely N-dealkylation sites (N-methyl/N-ethyl adjacent to an activating group) is 1. The molecule has 0 aliphatic carbocycles. The molecule has 2 fully saturated rings. The predicted octanol–water partition coefficient (Wildman–Crippen LogP) is 3.38. The molecule has 142 valence electrons. The van der Waals surface area contributed by atoms with E-state index < -0.39 is 0 Å². The number of carbonyl (C=O) groups is 2. The molecule has 1 aromatic rings. The molecule has 0 unspecified atom stereocenters. The van der Waals surface area contributed by atoms with Crippen LogP contribution in [0.4, 0.5) is 0 Å². The predicted molar refractivity (Wildman–Crippen MR) is 107 cm³/mol. The maximum Gasteiger partial charge on any atom is 0.232 e. The van der Waals surface area contributed by atoms with Crippen molar-refractivity contribution in [1.29, 1.82) is 0 Å². The Morgan fingerprint density at radius 1 is 1.23 bits per heavy atom. The van der Waals surface area contributed by atoms with Gasteiger partial charge in [-0.1, -0.05) is 44.2 Å². The van der Waals surface area contributed by atoms with Gasteiger partial charge in [-0.25, -0.2) is 0 Å². The zero-order valence-electron chi connectivity index (χ0n) is 16.1. The maximum atomic E-state index is 12.7. The zero-order valence-corrected chi connectivity index (χ0v) is 16.9. The number of rotatable bonds is 4. The van der Waals surface area contributed by atoms with Crippen LogP contribution in [0.1, 0.15) is 44.6 Å². The lowest BCUT2D eigenvalue weighted by Gasteiger charge is -2.49. The summed E-state index contributed by atoms with van der Waals surface area (Å²) >= 11 is 1.71. The van der Waals surface area contributed by atoms with Crippen LogP contribution in [0.5, 0.6) is 0 Å². The third-order valence-electron chi connectivity index (χ3n) is 5.80. The van der Waals surface area contributed by atoms with Gasteiger partial charge in [-0.3, -0.25) is 9.59 Å². The van der Waals surface area contributed by atoms with E-state index in [9.17, 15) is 9.59 Å². The Bertz CT molecular complexity index is 639. The van der Waals surface area contributed by atoms with Crippen molar-refractivity contribution in [1.82, 2.24) is 9.80 Å². The molecule has 2 aliphatic rings. The van der Waals surface area contributed by atoms with Crippen LogP contribution in [0.2, 0.25) is 0 Å². The molecule has 0 bridgehead atoms. The summed E-state index contributed by atoms with van der Waals surface area (Å²) in [6, 6.07) is 10.2. The standard InChI is InChI=1S/C21H30N2O2S/c1-16(2)26-14-19(24)23-11-9-21(10-12-23)13-18(20(25)22(3)15-21)17-7-5-4-6-8-17/h4-8,16,18H,9-15H2,1-3H3/t18-/m1/s1. The average molecular weight is 375 g/mol. The summed E-state index contributed by atoms with van der Waals surface area (Å²) in [5.74, 6) is 1.02. The van der Waals surface area contributed by atoms with E-state index in [1.54, 1.807) is 11.8 Å². The van der Waals surface area contributed by atoms with Crippen molar-refractivity contribution in [2.24, 2.45) is 5.41 Å². The molecule has 1 atom stereocenters. The van der Waals surface area contributed by atoms with Crippen molar-refractivity contribution in [3.63, 3.8) is 0 Å². The Morgan fingerprint density at radius 2 is 1.88 bits per heavy atom. The number of thioether (sulfide) groups is 1. The second-order valence-corrected chi connectivity index (χ2v) is 9.67. The van der Waals surface area contributed by atoms with Gasteiger partial charge < -0.3 is 9.80 Å². The van der Waals surface area contributed by atoms with Gasteiger partial charge in [-0.2, -0.15) is 0 Å². The minimum Gasteiger partial charge on any atom is -0.345 e. The molecular formula is C21H30N2O2S. The first kappa shape index (κ1) is 19.3. The number of likely N-dealkylation sites (tertiary alicyclic amines) is 2. The third-order valence-corrected chi connectivity index (χ3v) is 6.88. The highest BCUT2D eigenvalue weighted by atomic mass is 32.2. The molecule has 5 heteroatoms. The first-order valence-electron chi connectivity index (χ1n) is 9.59. The minimum absolute atomic E-state index is 0.0475. The summed E-state index contributed by atoms with van der Waals surface area (Å²) in [7, 11) is 1.93. The molecule has 26 heavy (non-hydrogen) atoms. The summed E-state index contributed by atoms with van der Waals surface area (Å²) in [5.41, 5.74) is 1.26. The molecule has 1 aromatic carbocycles. The quantitative estimate of drug-likeness (QED) is 0.811. The van der Waals surface area contributed by atoms with Crippen LogP contribution in [0.3, 0.4) is 0 Å². The fourth-order valence-corrected chi connectivity index (χ4v) is 4.96. The van der Waals surface area contributed by atoms with E-state index in [4.69, 9.17) is 0 Å². The number of hydrogen-bond donors (Lipinski definition) is 0. The summed E-state index contributed by atoms with van der Waals surface area (Å²) in [4.78, 5) is 29.1. The lowest BCUT2D eigenvalue weighted by Crippen LogP contribution is -2.53. The Morgan fingerprint density at radius 3 is 2.50 bits per heavy atom. The Hall–Kier alpha value is -1.49. The molecule has 3 rings (SSSR count). The fraction of sp³-hybridized carbons (Fsp3) is 0.619. The number of carbonyl (C=O) groups excluding carboxylic acids is 2. The normalized spacial score (nSPS) is 22.9. The van der Waals surface area contributed by atoms with E-state index >= 15 is 0 Å². The van der Waals surface area contributed by atoms with Crippen LogP contribution >= 0.6 is 11.8 Å². The molecule has 2 heterocycles. The molecular weight excluding hydrogens is 344 g/mol. The summed E-state index contributed by atoms with van der Waals surface area (Å²) < 4.78 is 0. The molecule has 0 aromatic heterocycles. The van der Waals surface area contributed by atoms with Gasteiger partial charge in [0, 0.05) is 26.7 Å². The highest BCUT2D eigenvalue weighted by molar-refractivity contribution is 8.00. The van der Waals surface area contributed by atoms with Gasteiger partial charge in [0.2, 0.25) is 11.8 Å². The van der Waals surface area contributed by atoms with Crippen molar-refractivity contribution >= 4 is 23.6 Å². The van der Waals surface area contributed by atoms with Crippen LogP contribution < -0.4 is 0 Å². The first-order valence-corrected chi connectivity index (χ1v) is 10.6. The van der Waals surface area contributed by atoms with Crippen LogP contribution in [-0.2, 0) is 9.59 Å². The summed E-state index contributed by atoms with van der Waals surface area (Å²) in [6.45, 7) is 6.71. The van der Waals surface area contributed by atoms with Gasteiger partial charge >= 0.3 is 0 Å². The summed E-state index contributed by atoms with van der Waals surface area (Å²) in [6.07, 6.45) is 2.89. The number of hydrogen-bond acceptors (Lipinski definition) is 3. The Balaban J connectivity index is 1.66. The van der Waals surface area contributed by atoms with Gasteiger partial charge in [0.15, 0.2) is 0 Å². The van der Waals surface area contributed by atoms with Gasteiger partial charge in [-0.05, 0) is 35.5 Å². The lowest BCUT2D eigenvalue weighted by molar-refractivity contribution is -0.142. The smallest absolute Gasteiger partial charge is 0.232 e. The van der Waals surface area contributed by atoms with E-state index in [1.807, 2.05) is 35.0 Å². The van der Waals surface area contributed by atoms with Crippen LogP contribution in [0, 0.1) is 5.41 Å². The topological polar surface area (TPSA) is 40.6 Å². The molecule has 2 saturated heterocycles. The van der Waals surface area contributed by atoms with Crippen molar-refractivity contribution in [3.05, 3.63) is 35.9 Å². The summed E-state index contributed by atoms with van der Waals surface area (Å²) in [5, 5.41) is 0.486. The van der Waals surface area contributed by atoms with Gasteiger partial charge in [0.1, 0.15) is 0 Å². The third kappa shape index (κ3) is 4.25. The monoisotopic (exact) mass is 374 g/mol. The Labute approximate surface area is 161 Å². The highest BCUT2D eigenvalue weighted by Gasteiger charge is 2.45. The van der Waals surface area contributed by atoms with Crippen molar-refractivity contribution in [2.75, 3.05) is 32.4 Å². The van der Waals surface area contributed by atoms with Gasteiger partial charge in [0.05, 0.1) is 11.7 Å². The molecule has 4 nitrogen and oxygen atoms in total. The SMILES string of the molecule is CC(C)SCC(=O)N1CCC2(CC1)C[C@H](c1ccccc1)C(=O)N(C)C2. The van der Waals surface area contributed by atoms with Crippen LogP contribution in [0.15, 0.2) is 30.3 Å². The second-order valence-electron chi connectivity index (χ2n) is 8.10. The molecule has 2 amide bonds. The molecule has 0 saturated carbocycles. The number of piperidine rings is 2. The highest BCUT2D eigenvalue weighted by Crippen LogP contribution is 2.45. The van der Waals surface area contributed by atoms with Crippen molar-refractivity contribution in [3.8, 4) is 0 Å². The van der Waals surface area contributed by atoms with Crippen LogP contribution in [-0.4, -0.2) is 59.3 Å². The minimum atomic E-state index is -0.0475. The van der Waals surface area contributed by atoms with Crippen LogP contribution in [0.25, 0.3) is 0 Å². The second kappa shape index (κ2) is 8.03. The number of benzene rings is 1. The van der Waals surface area contributed by atoms with E-state index in [-0.39, 0.29) is 23.1 Å². The average Bonchev–Trinajstić information content (AvgIpc) is 2.64. The number of nitrogens with zero attached hydrogens (tertiary/aromatic N) is 2. The fourth-order valence-electron chi connectivity index (χ4n) is 4.30. The van der Waals surface area contributed by atoms with E-state index in [0.29, 0.717) is 11.0 Å². The maximum absolute atomic E-state index is 12.7. The van der Waals surface area contributed by atoms with Crippen molar-refractivity contribution < 1.29 is 9.59 Å². The first-order chi connectivity index (χ1) is 12.4. The van der Waals surface area contributed by atoms with Gasteiger partial charge in [0.25, 0.3) is 0 Å². The molecule has 0 radical (unpaired) electrons. The van der Waals surface area contributed by atoms with Gasteiger partial charge in [-0.15, -0.1) is 11.8 Å². The molecule has 2 aliphatic heterocycles. The molecule has 0 N–H and O–H groups in total.